The molecule has 0 saturated heterocycles. The van der Waals surface area contributed by atoms with Crippen molar-refractivity contribution in [2.75, 3.05) is 6.54 Å². The van der Waals surface area contributed by atoms with Crippen molar-refractivity contribution < 1.29 is 17.4 Å². The van der Waals surface area contributed by atoms with Gasteiger partial charge in [-0.1, -0.05) is 18.2 Å². The van der Waals surface area contributed by atoms with Crippen LogP contribution in [0.3, 0.4) is 0 Å². The number of hydrogen-bond acceptors (Lipinski definition) is 4. The summed E-state index contributed by atoms with van der Waals surface area (Å²) in [4.78, 5) is 11.8. The first-order valence-corrected chi connectivity index (χ1v) is 9.10. The molecular weight excluding hydrogens is 429 g/mol. The maximum Gasteiger partial charge on any atom is 0.339 e. The van der Waals surface area contributed by atoms with Gasteiger partial charge < -0.3 is 9.50 Å². The summed E-state index contributed by atoms with van der Waals surface area (Å²) >= 11 is 2.06. The van der Waals surface area contributed by atoms with Crippen molar-refractivity contribution in [3.8, 4) is 5.75 Å². The first-order chi connectivity index (χ1) is 10.9. The van der Waals surface area contributed by atoms with Crippen LogP contribution >= 0.6 is 22.6 Å². The van der Waals surface area contributed by atoms with Crippen LogP contribution in [-0.2, 0) is 10.1 Å². The van der Waals surface area contributed by atoms with Crippen molar-refractivity contribution in [3.05, 3.63) is 70.3 Å². The fourth-order valence-electron chi connectivity index (χ4n) is 1.75. The number of carbonyl (C=O) groups is 1. The van der Waals surface area contributed by atoms with Gasteiger partial charge in [0.15, 0.2) is 0 Å². The SMILES string of the molecule is C=CCNC(=O)c1cccc(S(=O)(=O)Oc2cccc(I)c2)c1. The van der Waals surface area contributed by atoms with Gasteiger partial charge in [-0.25, -0.2) is 0 Å². The van der Waals surface area contributed by atoms with Gasteiger partial charge in [0.2, 0.25) is 0 Å². The van der Waals surface area contributed by atoms with Gasteiger partial charge >= 0.3 is 10.1 Å². The molecule has 0 fully saturated rings. The molecule has 1 amide bonds. The molecule has 0 atom stereocenters. The molecule has 7 heteroatoms. The third-order valence-corrected chi connectivity index (χ3v) is 4.71. The van der Waals surface area contributed by atoms with Gasteiger partial charge in [-0.05, 0) is 59.0 Å². The first kappa shape index (κ1) is 17.5. The molecule has 0 aromatic heterocycles. The van der Waals surface area contributed by atoms with Gasteiger partial charge in [0, 0.05) is 15.7 Å². The van der Waals surface area contributed by atoms with E-state index >= 15 is 0 Å². The number of nitrogens with one attached hydrogen (secondary N) is 1. The van der Waals surface area contributed by atoms with E-state index in [2.05, 4.69) is 34.5 Å². The molecule has 0 aliphatic rings. The summed E-state index contributed by atoms with van der Waals surface area (Å²) in [6, 6.07) is 12.4. The molecule has 0 spiro atoms. The molecule has 2 aromatic rings. The normalized spacial score (nSPS) is 10.8. The Labute approximate surface area is 148 Å². The minimum Gasteiger partial charge on any atom is -0.379 e. The number of benzene rings is 2. The van der Waals surface area contributed by atoms with E-state index in [-0.39, 0.29) is 22.1 Å². The lowest BCUT2D eigenvalue weighted by Crippen LogP contribution is -2.23. The van der Waals surface area contributed by atoms with E-state index in [1.54, 1.807) is 24.3 Å². The largest absolute Gasteiger partial charge is 0.379 e. The fraction of sp³-hybridized carbons (Fsp3) is 0.0625. The molecule has 0 aliphatic carbocycles. The van der Waals surface area contributed by atoms with Crippen LogP contribution in [0.15, 0.2) is 66.1 Å². The highest BCUT2D eigenvalue weighted by Crippen LogP contribution is 2.21. The zero-order valence-electron chi connectivity index (χ0n) is 12.0. The average Bonchev–Trinajstić information content (AvgIpc) is 2.52. The molecule has 0 heterocycles. The van der Waals surface area contributed by atoms with E-state index in [0.29, 0.717) is 6.54 Å². The summed E-state index contributed by atoms with van der Waals surface area (Å²) in [6.45, 7) is 3.81. The second-order valence-electron chi connectivity index (χ2n) is 4.52. The van der Waals surface area contributed by atoms with Gasteiger partial charge in [-0.15, -0.1) is 6.58 Å². The van der Waals surface area contributed by atoms with E-state index < -0.39 is 10.1 Å². The van der Waals surface area contributed by atoms with Crippen molar-refractivity contribution in [2.45, 2.75) is 4.90 Å². The Balaban J connectivity index is 2.26. The van der Waals surface area contributed by atoms with Gasteiger partial charge in [-0.2, -0.15) is 8.42 Å². The van der Waals surface area contributed by atoms with Crippen molar-refractivity contribution in [3.63, 3.8) is 0 Å². The quantitative estimate of drug-likeness (QED) is 0.424. The number of halogens is 1. The van der Waals surface area contributed by atoms with Crippen LogP contribution in [0.1, 0.15) is 10.4 Å². The zero-order valence-corrected chi connectivity index (χ0v) is 15.0. The van der Waals surface area contributed by atoms with E-state index in [9.17, 15) is 13.2 Å². The highest BCUT2D eigenvalue weighted by atomic mass is 127. The van der Waals surface area contributed by atoms with Crippen LogP contribution in [0.4, 0.5) is 0 Å². The number of rotatable bonds is 6. The predicted molar refractivity (Wildman–Crippen MR) is 95.9 cm³/mol. The summed E-state index contributed by atoms with van der Waals surface area (Å²) in [5, 5.41) is 2.59. The van der Waals surface area contributed by atoms with Crippen molar-refractivity contribution in [1.82, 2.24) is 5.32 Å². The Bertz CT molecular complexity index is 833. The Morgan fingerprint density at radius 1 is 1.22 bits per heavy atom. The molecular formula is C16H14INO4S. The predicted octanol–water partition coefficient (Wildman–Crippen LogP) is 2.97. The molecule has 120 valence electrons. The molecule has 2 aromatic carbocycles. The topological polar surface area (TPSA) is 72.5 Å². The third kappa shape index (κ3) is 4.80. The monoisotopic (exact) mass is 443 g/mol. The maximum absolute atomic E-state index is 12.3. The van der Waals surface area contributed by atoms with Crippen LogP contribution in [0.2, 0.25) is 0 Å². The summed E-state index contributed by atoms with van der Waals surface area (Å²) in [5.41, 5.74) is 0.235. The van der Waals surface area contributed by atoms with Gasteiger partial charge in [0.1, 0.15) is 10.6 Å². The lowest BCUT2D eigenvalue weighted by Gasteiger charge is -2.09. The minimum absolute atomic E-state index is 0.0809. The Hall–Kier alpha value is -1.87. The highest BCUT2D eigenvalue weighted by molar-refractivity contribution is 14.1. The van der Waals surface area contributed by atoms with Crippen molar-refractivity contribution >= 4 is 38.6 Å². The summed E-state index contributed by atoms with van der Waals surface area (Å²) in [5.74, 6) is -0.158. The van der Waals surface area contributed by atoms with E-state index in [1.807, 2.05) is 6.07 Å². The highest BCUT2D eigenvalue weighted by Gasteiger charge is 2.18. The molecule has 0 unspecified atom stereocenters. The van der Waals surface area contributed by atoms with Gasteiger partial charge in [0.05, 0.1) is 0 Å². The van der Waals surface area contributed by atoms with Crippen LogP contribution < -0.4 is 9.50 Å². The third-order valence-electron chi connectivity index (χ3n) is 2.79. The Morgan fingerprint density at radius 3 is 2.65 bits per heavy atom. The van der Waals surface area contributed by atoms with Gasteiger partial charge in [0.25, 0.3) is 5.91 Å². The molecule has 1 N–H and O–H groups in total. The lowest BCUT2D eigenvalue weighted by atomic mass is 10.2. The summed E-state index contributed by atoms with van der Waals surface area (Å²) in [6.07, 6.45) is 1.54. The van der Waals surface area contributed by atoms with E-state index in [1.165, 1.54) is 24.3 Å². The lowest BCUT2D eigenvalue weighted by molar-refractivity contribution is 0.0958. The Kier molecular flexibility index (Phi) is 5.78. The number of carbonyl (C=O) groups excluding carboxylic acids is 1. The second kappa shape index (κ2) is 7.60. The number of amides is 1. The average molecular weight is 443 g/mol. The van der Waals surface area contributed by atoms with Gasteiger partial charge in [-0.3, -0.25) is 4.79 Å². The molecule has 0 saturated carbocycles. The van der Waals surface area contributed by atoms with E-state index in [4.69, 9.17) is 4.18 Å². The fourth-order valence-corrected chi connectivity index (χ4v) is 3.24. The molecule has 23 heavy (non-hydrogen) atoms. The molecule has 5 nitrogen and oxygen atoms in total. The van der Waals surface area contributed by atoms with Crippen LogP contribution in [-0.4, -0.2) is 20.9 Å². The zero-order chi connectivity index (χ0) is 16.9. The van der Waals surface area contributed by atoms with Crippen molar-refractivity contribution in [1.29, 1.82) is 0 Å². The summed E-state index contributed by atoms with van der Waals surface area (Å²) in [7, 11) is -4.01. The summed E-state index contributed by atoms with van der Waals surface area (Å²) < 4.78 is 30.6. The molecule has 0 radical (unpaired) electrons. The number of hydrogen-bond donors (Lipinski definition) is 1. The molecule has 2 rings (SSSR count). The van der Waals surface area contributed by atoms with E-state index in [0.717, 1.165) is 3.57 Å². The molecule has 0 aliphatic heterocycles. The maximum atomic E-state index is 12.3. The smallest absolute Gasteiger partial charge is 0.339 e. The van der Waals surface area contributed by atoms with Crippen LogP contribution in [0.25, 0.3) is 0 Å². The van der Waals surface area contributed by atoms with Crippen LogP contribution in [0, 0.1) is 3.57 Å². The second-order valence-corrected chi connectivity index (χ2v) is 7.31. The van der Waals surface area contributed by atoms with Crippen LogP contribution in [0.5, 0.6) is 5.75 Å². The Morgan fingerprint density at radius 2 is 1.96 bits per heavy atom. The minimum atomic E-state index is -4.01. The first-order valence-electron chi connectivity index (χ1n) is 6.61. The van der Waals surface area contributed by atoms with Crippen molar-refractivity contribution in [2.24, 2.45) is 0 Å². The molecule has 0 bridgehead atoms. The standard InChI is InChI=1S/C16H14INO4S/c1-2-9-18-16(19)12-5-3-8-15(10-12)23(20,21)22-14-7-4-6-13(17)11-14/h2-8,10-11H,1,9H2,(H,18,19).